The summed E-state index contributed by atoms with van der Waals surface area (Å²) >= 11 is 9.31. The van der Waals surface area contributed by atoms with Crippen LogP contribution in [0.3, 0.4) is 0 Å². The highest BCUT2D eigenvalue weighted by Crippen LogP contribution is 2.38. The van der Waals surface area contributed by atoms with Crippen molar-refractivity contribution in [3.63, 3.8) is 0 Å². The number of imidazole rings is 1. The molecule has 1 amide bonds. The molecule has 1 aliphatic heterocycles. The molecule has 2 aromatic carbocycles. The lowest BCUT2D eigenvalue weighted by Gasteiger charge is -2.13. The number of aromatic nitrogens is 3. The second-order valence-corrected chi connectivity index (χ2v) is 10.1. The summed E-state index contributed by atoms with van der Waals surface area (Å²) in [5, 5.41) is 4.74. The summed E-state index contributed by atoms with van der Waals surface area (Å²) in [6, 6.07) is 11.4. The quantitative estimate of drug-likeness (QED) is 0.355. The van der Waals surface area contributed by atoms with Gasteiger partial charge in [-0.05, 0) is 42.8 Å². The third-order valence-corrected chi connectivity index (χ3v) is 7.63. The summed E-state index contributed by atoms with van der Waals surface area (Å²) in [5.41, 5.74) is 4.48. The number of halogens is 1. The first-order chi connectivity index (χ1) is 16.0. The van der Waals surface area contributed by atoms with Crippen molar-refractivity contribution in [2.45, 2.75) is 25.8 Å². The second kappa shape index (κ2) is 9.24. The monoisotopic (exact) mass is 500 g/mol. The van der Waals surface area contributed by atoms with E-state index in [4.69, 9.17) is 26.1 Å². The van der Waals surface area contributed by atoms with Crippen molar-refractivity contribution in [1.82, 2.24) is 14.5 Å². The van der Waals surface area contributed by atoms with Gasteiger partial charge in [-0.3, -0.25) is 5.32 Å². The highest BCUT2D eigenvalue weighted by molar-refractivity contribution is 7.98. The van der Waals surface area contributed by atoms with Gasteiger partial charge < -0.3 is 14.0 Å². The summed E-state index contributed by atoms with van der Waals surface area (Å²) in [4.78, 5) is 21.8. The number of hydrogen-bond donors (Lipinski definition) is 1. The Hall–Kier alpha value is -2.75. The summed E-state index contributed by atoms with van der Waals surface area (Å²) in [6.07, 6.45) is -0.531. The van der Waals surface area contributed by atoms with Gasteiger partial charge in [0.25, 0.3) is 0 Å². The van der Waals surface area contributed by atoms with Gasteiger partial charge in [0.15, 0.2) is 0 Å². The zero-order chi connectivity index (χ0) is 22.9. The van der Waals surface area contributed by atoms with E-state index in [0.29, 0.717) is 21.5 Å². The van der Waals surface area contributed by atoms with Crippen molar-refractivity contribution in [2.75, 3.05) is 18.2 Å². The van der Waals surface area contributed by atoms with Gasteiger partial charge in [0.1, 0.15) is 28.2 Å². The zero-order valence-electron chi connectivity index (χ0n) is 18.1. The van der Waals surface area contributed by atoms with E-state index in [0.717, 1.165) is 51.0 Å². The number of ether oxygens (including phenoxy) is 2. The molecule has 170 valence electrons. The third-order valence-electron chi connectivity index (χ3n) is 5.36. The fourth-order valence-electron chi connectivity index (χ4n) is 3.74. The Morgan fingerprint density at radius 3 is 2.97 bits per heavy atom. The maximum absolute atomic E-state index is 12.5. The third kappa shape index (κ3) is 4.53. The predicted octanol–water partition coefficient (Wildman–Crippen LogP) is 6.13. The molecule has 1 aliphatic rings. The van der Waals surface area contributed by atoms with Crippen LogP contribution in [0.2, 0.25) is 5.02 Å². The van der Waals surface area contributed by atoms with Crippen LogP contribution in [-0.4, -0.2) is 33.5 Å². The van der Waals surface area contributed by atoms with Crippen LogP contribution in [0.15, 0.2) is 36.4 Å². The number of aryl methyl sites for hydroxylation is 2. The van der Waals surface area contributed by atoms with Crippen LogP contribution in [0.4, 0.5) is 9.80 Å². The first kappa shape index (κ1) is 22.1. The molecule has 33 heavy (non-hydrogen) atoms. The molecule has 0 bridgehead atoms. The van der Waals surface area contributed by atoms with Crippen molar-refractivity contribution in [3.8, 4) is 16.3 Å². The van der Waals surface area contributed by atoms with Gasteiger partial charge in [-0.1, -0.05) is 29.0 Å². The van der Waals surface area contributed by atoms with Gasteiger partial charge in [0.2, 0.25) is 0 Å². The van der Waals surface area contributed by atoms with Gasteiger partial charge >= 0.3 is 6.09 Å². The minimum absolute atomic E-state index is 0.161. The standard InChI is InChI=1S/C23H21ClN4O3S2/c1-13-21(33-22(25-13)16-5-4-15(24)10-19(16)30-2)27-23(29)31-11-14-3-6-18-17(9-14)26-20-12-32-8-7-28(18)20/h3-6,9-10H,7-8,11-12H2,1-2H3,(H,27,29). The van der Waals surface area contributed by atoms with E-state index in [1.807, 2.05) is 36.9 Å². The fraction of sp³-hybridized carbons (Fsp3) is 0.261. The number of hydrogen-bond acceptors (Lipinski definition) is 7. The lowest BCUT2D eigenvalue weighted by atomic mass is 10.2. The van der Waals surface area contributed by atoms with Crippen LogP contribution >= 0.6 is 34.7 Å². The van der Waals surface area contributed by atoms with Crippen LogP contribution in [0.25, 0.3) is 21.6 Å². The van der Waals surface area contributed by atoms with E-state index in [-0.39, 0.29) is 6.61 Å². The molecule has 5 rings (SSSR count). The first-order valence-corrected chi connectivity index (χ1v) is 12.7. The second-order valence-electron chi connectivity index (χ2n) is 7.53. The van der Waals surface area contributed by atoms with Crippen LogP contribution in [-0.2, 0) is 23.6 Å². The van der Waals surface area contributed by atoms with Gasteiger partial charge in [0.05, 0.1) is 35.2 Å². The van der Waals surface area contributed by atoms with E-state index in [1.165, 1.54) is 11.3 Å². The number of anilines is 1. The van der Waals surface area contributed by atoms with E-state index >= 15 is 0 Å². The molecule has 2 aromatic heterocycles. The van der Waals surface area contributed by atoms with Crippen molar-refractivity contribution in [3.05, 3.63) is 58.5 Å². The largest absolute Gasteiger partial charge is 0.496 e. The average molecular weight is 501 g/mol. The van der Waals surface area contributed by atoms with Crippen LogP contribution in [0.5, 0.6) is 5.75 Å². The van der Waals surface area contributed by atoms with E-state index in [9.17, 15) is 4.79 Å². The number of nitrogens with zero attached hydrogens (tertiary/aromatic N) is 3. The maximum Gasteiger partial charge on any atom is 0.412 e. The number of fused-ring (bicyclic) bond motifs is 3. The Labute approximate surface area is 204 Å². The number of rotatable bonds is 5. The highest BCUT2D eigenvalue weighted by atomic mass is 35.5. The van der Waals surface area contributed by atoms with Gasteiger partial charge in [-0.2, -0.15) is 11.8 Å². The number of thiazole rings is 1. The van der Waals surface area contributed by atoms with Crippen LogP contribution in [0.1, 0.15) is 17.1 Å². The van der Waals surface area contributed by atoms with Crippen molar-refractivity contribution in [2.24, 2.45) is 0 Å². The lowest BCUT2D eigenvalue weighted by molar-refractivity contribution is 0.155. The topological polar surface area (TPSA) is 78.3 Å². The SMILES string of the molecule is COc1cc(Cl)ccc1-c1nc(C)c(NC(=O)OCc2ccc3c(c2)nc2n3CCSC2)s1. The molecule has 0 fully saturated rings. The Bertz CT molecular complexity index is 1350. The van der Waals surface area contributed by atoms with E-state index in [2.05, 4.69) is 20.9 Å². The fourth-order valence-corrected chi connectivity index (χ4v) is 5.74. The molecule has 0 atom stereocenters. The van der Waals surface area contributed by atoms with Crippen molar-refractivity contribution < 1.29 is 14.3 Å². The Kier molecular flexibility index (Phi) is 6.18. The average Bonchev–Trinajstić information content (AvgIpc) is 3.37. The number of methoxy groups -OCH3 is 1. The molecule has 0 radical (unpaired) electrons. The number of thioether (sulfide) groups is 1. The van der Waals surface area contributed by atoms with Crippen LogP contribution < -0.4 is 10.1 Å². The first-order valence-electron chi connectivity index (χ1n) is 10.3. The molecule has 0 aliphatic carbocycles. The smallest absolute Gasteiger partial charge is 0.412 e. The minimum atomic E-state index is -0.531. The Morgan fingerprint density at radius 2 is 2.12 bits per heavy atom. The zero-order valence-corrected chi connectivity index (χ0v) is 20.4. The van der Waals surface area contributed by atoms with Crippen molar-refractivity contribution in [1.29, 1.82) is 0 Å². The molecule has 0 unspecified atom stereocenters. The number of carbonyl (C=O) groups excluding carboxylic acids is 1. The normalized spacial score (nSPS) is 13.1. The molecule has 4 aromatic rings. The molecule has 0 saturated heterocycles. The van der Waals surface area contributed by atoms with E-state index < -0.39 is 6.09 Å². The number of carbonyl (C=O) groups is 1. The molecule has 0 spiro atoms. The van der Waals surface area contributed by atoms with Gasteiger partial charge in [-0.15, -0.1) is 0 Å². The summed E-state index contributed by atoms with van der Waals surface area (Å²) in [5.74, 6) is 3.76. The Balaban J connectivity index is 1.26. The molecular weight excluding hydrogens is 480 g/mol. The highest BCUT2D eigenvalue weighted by Gasteiger charge is 2.17. The minimum Gasteiger partial charge on any atom is -0.496 e. The Morgan fingerprint density at radius 1 is 1.24 bits per heavy atom. The van der Waals surface area contributed by atoms with E-state index in [1.54, 1.807) is 19.2 Å². The summed E-state index contributed by atoms with van der Waals surface area (Å²) in [7, 11) is 1.58. The van der Waals surface area contributed by atoms with Gasteiger partial charge in [-0.25, -0.2) is 14.8 Å². The summed E-state index contributed by atoms with van der Waals surface area (Å²) in [6.45, 7) is 2.98. The van der Waals surface area contributed by atoms with Crippen LogP contribution in [0, 0.1) is 6.92 Å². The molecular formula is C23H21ClN4O3S2. The molecule has 0 saturated carbocycles. The summed E-state index contributed by atoms with van der Waals surface area (Å²) < 4.78 is 13.1. The maximum atomic E-state index is 12.5. The van der Waals surface area contributed by atoms with Gasteiger partial charge in [0, 0.05) is 17.3 Å². The molecule has 10 heteroatoms. The molecule has 3 heterocycles. The predicted molar refractivity (Wildman–Crippen MR) is 134 cm³/mol. The lowest BCUT2D eigenvalue weighted by Crippen LogP contribution is -2.13. The number of amides is 1. The number of nitrogens with one attached hydrogen (secondary N) is 1. The molecule has 1 N–H and O–H groups in total. The van der Waals surface area contributed by atoms with Crippen molar-refractivity contribution >= 4 is 56.8 Å². The number of benzene rings is 2. The molecule has 7 nitrogen and oxygen atoms in total.